The number of ether oxygens (including phenoxy) is 1. The molecule has 0 aliphatic rings. The molecular formula is C11H24N2O. The van der Waals surface area contributed by atoms with Gasteiger partial charge in [0.05, 0.1) is 6.61 Å². The Balaban J connectivity index is 3.40. The monoisotopic (exact) mass is 200 g/mol. The Morgan fingerprint density at radius 1 is 1.50 bits per heavy atom. The number of hydrogen-bond donors (Lipinski definition) is 1. The van der Waals surface area contributed by atoms with Gasteiger partial charge in [-0.3, -0.25) is 0 Å². The highest BCUT2D eigenvalue weighted by molar-refractivity contribution is 4.99. The van der Waals surface area contributed by atoms with Gasteiger partial charge in [0.15, 0.2) is 0 Å². The van der Waals surface area contributed by atoms with E-state index < -0.39 is 0 Å². The molecule has 3 nitrogen and oxygen atoms in total. The third-order valence-electron chi connectivity index (χ3n) is 1.97. The van der Waals surface area contributed by atoms with Gasteiger partial charge in [-0.05, 0) is 25.6 Å². The Morgan fingerprint density at radius 3 is 2.79 bits per heavy atom. The molecule has 0 aromatic heterocycles. The normalized spacial score (nSPS) is 10.9. The molecule has 0 amide bonds. The molecule has 0 heterocycles. The standard InChI is InChI=1S/C11H24N2O/c1-5-6-12-9-11(2)10-13(3)7-8-14-4/h12H,2,5-10H2,1,3-4H3. The van der Waals surface area contributed by atoms with Crippen molar-refractivity contribution in [3.05, 3.63) is 12.2 Å². The van der Waals surface area contributed by atoms with Crippen LogP contribution in [0.15, 0.2) is 12.2 Å². The van der Waals surface area contributed by atoms with Crippen LogP contribution < -0.4 is 5.32 Å². The molecule has 3 heteroatoms. The summed E-state index contributed by atoms with van der Waals surface area (Å²) in [5.41, 5.74) is 1.23. The van der Waals surface area contributed by atoms with Crippen molar-refractivity contribution < 1.29 is 4.74 Å². The largest absolute Gasteiger partial charge is 0.383 e. The number of rotatable bonds is 9. The summed E-state index contributed by atoms with van der Waals surface area (Å²) < 4.78 is 5.01. The van der Waals surface area contributed by atoms with Gasteiger partial charge < -0.3 is 15.0 Å². The van der Waals surface area contributed by atoms with Gasteiger partial charge in [0.25, 0.3) is 0 Å². The number of hydrogen-bond acceptors (Lipinski definition) is 3. The highest BCUT2D eigenvalue weighted by atomic mass is 16.5. The van der Waals surface area contributed by atoms with Crippen molar-refractivity contribution >= 4 is 0 Å². The lowest BCUT2D eigenvalue weighted by Gasteiger charge is -2.17. The average Bonchev–Trinajstić information content (AvgIpc) is 2.15. The number of methoxy groups -OCH3 is 1. The van der Waals surface area contributed by atoms with Gasteiger partial charge in [-0.25, -0.2) is 0 Å². The van der Waals surface area contributed by atoms with E-state index in [1.54, 1.807) is 7.11 Å². The van der Waals surface area contributed by atoms with Crippen LogP contribution in [-0.4, -0.2) is 51.8 Å². The SMILES string of the molecule is C=C(CNCCC)CN(C)CCOC. The third kappa shape index (κ3) is 8.23. The van der Waals surface area contributed by atoms with Crippen LogP contribution >= 0.6 is 0 Å². The molecule has 1 N–H and O–H groups in total. The molecule has 0 aromatic carbocycles. The summed E-state index contributed by atoms with van der Waals surface area (Å²) in [7, 11) is 3.81. The van der Waals surface area contributed by atoms with Crippen LogP contribution in [0.3, 0.4) is 0 Å². The summed E-state index contributed by atoms with van der Waals surface area (Å²) >= 11 is 0. The van der Waals surface area contributed by atoms with Crippen LogP contribution in [0.5, 0.6) is 0 Å². The fourth-order valence-corrected chi connectivity index (χ4v) is 1.21. The lowest BCUT2D eigenvalue weighted by molar-refractivity contribution is 0.165. The molecule has 0 radical (unpaired) electrons. The highest BCUT2D eigenvalue weighted by Gasteiger charge is 2.00. The second kappa shape index (κ2) is 9.19. The summed E-state index contributed by atoms with van der Waals surface area (Å²) in [6.07, 6.45) is 1.17. The molecule has 84 valence electrons. The zero-order valence-corrected chi connectivity index (χ0v) is 9.81. The maximum absolute atomic E-state index is 5.01. The van der Waals surface area contributed by atoms with E-state index in [1.807, 2.05) is 0 Å². The second-order valence-corrected chi connectivity index (χ2v) is 3.66. The molecule has 0 atom stereocenters. The van der Waals surface area contributed by atoms with Crippen LogP contribution in [0.1, 0.15) is 13.3 Å². The first kappa shape index (κ1) is 13.6. The highest BCUT2D eigenvalue weighted by Crippen LogP contribution is 1.92. The first-order valence-electron chi connectivity index (χ1n) is 5.25. The lowest BCUT2D eigenvalue weighted by atomic mass is 10.3. The van der Waals surface area contributed by atoms with E-state index in [4.69, 9.17) is 4.74 Å². The molecule has 0 spiro atoms. The third-order valence-corrected chi connectivity index (χ3v) is 1.97. The van der Waals surface area contributed by atoms with Crippen molar-refractivity contribution in [2.24, 2.45) is 0 Å². The zero-order valence-electron chi connectivity index (χ0n) is 9.81. The van der Waals surface area contributed by atoms with Crippen molar-refractivity contribution in [2.45, 2.75) is 13.3 Å². The van der Waals surface area contributed by atoms with E-state index >= 15 is 0 Å². The maximum atomic E-state index is 5.01. The fourth-order valence-electron chi connectivity index (χ4n) is 1.21. The summed E-state index contributed by atoms with van der Waals surface area (Å²) in [6, 6.07) is 0. The van der Waals surface area contributed by atoms with Crippen LogP contribution in [0, 0.1) is 0 Å². The van der Waals surface area contributed by atoms with E-state index in [0.717, 1.165) is 32.8 Å². The number of nitrogens with one attached hydrogen (secondary N) is 1. The molecule has 0 saturated heterocycles. The molecule has 0 fully saturated rings. The number of likely N-dealkylation sites (N-methyl/N-ethyl adjacent to an activating group) is 1. The van der Waals surface area contributed by atoms with Crippen molar-refractivity contribution in [1.29, 1.82) is 0 Å². The number of nitrogens with zero attached hydrogens (tertiary/aromatic N) is 1. The van der Waals surface area contributed by atoms with E-state index in [2.05, 4.69) is 30.8 Å². The minimum atomic E-state index is 0.784. The molecule has 0 aliphatic heterocycles. The molecule has 0 saturated carbocycles. The minimum absolute atomic E-state index is 0.784. The first-order chi connectivity index (χ1) is 6.70. The predicted molar refractivity (Wildman–Crippen MR) is 61.7 cm³/mol. The van der Waals surface area contributed by atoms with Gasteiger partial charge in [0.1, 0.15) is 0 Å². The van der Waals surface area contributed by atoms with Crippen LogP contribution in [0.25, 0.3) is 0 Å². The van der Waals surface area contributed by atoms with Crippen molar-refractivity contribution in [2.75, 3.05) is 46.9 Å². The predicted octanol–water partition coefficient (Wildman–Crippen LogP) is 1.12. The van der Waals surface area contributed by atoms with Gasteiger partial charge in [-0.15, -0.1) is 0 Å². The summed E-state index contributed by atoms with van der Waals surface area (Å²) in [6.45, 7) is 10.9. The summed E-state index contributed by atoms with van der Waals surface area (Å²) in [5, 5.41) is 3.34. The quantitative estimate of drug-likeness (QED) is 0.446. The molecule has 14 heavy (non-hydrogen) atoms. The van der Waals surface area contributed by atoms with E-state index in [9.17, 15) is 0 Å². The maximum Gasteiger partial charge on any atom is 0.0589 e. The Morgan fingerprint density at radius 2 is 2.21 bits per heavy atom. The van der Waals surface area contributed by atoms with Gasteiger partial charge in [-0.1, -0.05) is 13.5 Å². The molecule has 0 rings (SSSR count). The Labute approximate surface area is 88.1 Å². The summed E-state index contributed by atoms with van der Waals surface area (Å²) in [4.78, 5) is 2.22. The Hall–Kier alpha value is -0.380. The second-order valence-electron chi connectivity index (χ2n) is 3.66. The van der Waals surface area contributed by atoms with Gasteiger partial charge in [0.2, 0.25) is 0 Å². The van der Waals surface area contributed by atoms with Crippen LogP contribution in [0.2, 0.25) is 0 Å². The van der Waals surface area contributed by atoms with Crippen molar-refractivity contribution in [3.63, 3.8) is 0 Å². The zero-order chi connectivity index (χ0) is 10.8. The first-order valence-corrected chi connectivity index (χ1v) is 5.25. The average molecular weight is 200 g/mol. The molecule has 0 aliphatic carbocycles. The van der Waals surface area contributed by atoms with E-state index in [1.165, 1.54) is 12.0 Å². The molecule has 0 unspecified atom stereocenters. The lowest BCUT2D eigenvalue weighted by Crippen LogP contribution is -2.28. The minimum Gasteiger partial charge on any atom is -0.383 e. The topological polar surface area (TPSA) is 24.5 Å². The smallest absolute Gasteiger partial charge is 0.0589 e. The van der Waals surface area contributed by atoms with E-state index in [0.29, 0.717) is 0 Å². The van der Waals surface area contributed by atoms with Crippen molar-refractivity contribution in [3.8, 4) is 0 Å². The van der Waals surface area contributed by atoms with Crippen molar-refractivity contribution in [1.82, 2.24) is 10.2 Å². The Bertz CT molecular complexity index is 148. The Kier molecular flexibility index (Phi) is 8.94. The molecular weight excluding hydrogens is 176 g/mol. The van der Waals surface area contributed by atoms with Gasteiger partial charge in [-0.2, -0.15) is 0 Å². The fraction of sp³-hybridized carbons (Fsp3) is 0.818. The van der Waals surface area contributed by atoms with Gasteiger partial charge >= 0.3 is 0 Å². The van der Waals surface area contributed by atoms with Gasteiger partial charge in [0, 0.05) is 26.7 Å². The van der Waals surface area contributed by atoms with Crippen LogP contribution in [-0.2, 0) is 4.74 Å². The molecule has 0 bridgehead atoms. The van der Waals surface area contributed by atoms with Crippen LogP contribution in [0.4, 0.5) is 0 Å². The van der Waals surface area contributed by atoms with E-state index in [-0.39, 0.29) is 0 Å². The molecule has 0 aromatic rings. The summed E-state index contributed by atoms with van der Waals surface area (Å²) in [5.74, 6) is 0.